The molecule has 266 valence electrons. The predicted molar refractivity (Wildman–Crippen MR) is 188 cm³/mol. The van der Waals surface area contributed by atoms with Crippen LogP contribution in [0.15, 0.2) is 132 Å². The summed E-state index contributed by atoms with van der Waals surface area (Å²) in [5, 5.41) is 0. The van der Waals surface area contributed by atoms with Crippen LogP contribution >= 0.6 is 0 Å². The van der Waals surface area contributed by atoms with Crippen molar-refractivity contribution in [2.75, 3.05) is 20.0 Å². The number of benzene rings is 5. The second kappa shape index (κ2) is 19.4. The van der Waals surface area contributed by atoms with Crippen molar-refractivity contribution >= 4 is 22.9 Å². The van der Waals surface area contributed by atoms with E-state index in [4.69, 9.17) is 15.2 Å². The third-order valence-electron chi connectivity index (χ3n) is 6.71. The standard InChI is InChI=1S/C16H14F3NO.C9H10O2.C7H6F3N.C7H8.H2/c1-11(12-7-9-13(21-2)10-8-12)20-15-6-4-3-5-14(15)16(17,18)19;1-7(10)8-3-5-9(11-2)6-4-8;8-7(9,10)5-3-1-2-4-6(5)11;1-7-5-3-2-4-6-7;/h3-10H,1-2H3;3-6H,1-2H3;1-4H,11H2;2-6H,1H3;1H/i;;;;1+1. The lowest BCUT2D eigenvalue weighted by Crippen LogP contribution is -2.07. The minimum Gasteiger partial charge on any atom is -0.497 e. The molecule has 0 aliphatic carbocycles. The summed E-state index contributed by atoms with van der Waals surface area (Å²) in [5.41, 5.74) is 6.54. The Bertz CT molecular complexity index is 1790. The Morgan fingerprint density at radius 3 is 1.40 bits per heavy atom. The average molecular weight is 700 g/mol. The molecule has 5 aromatic rings. The normalized spacial score (nSPS) is 11.0. The maximum atomic E-state index is 12.9. The maximum absolute atomic E-state index is 12.9. The number of carbonyl (C=O) groups is 1. The van der Waals surface area contributed by atoms with Gasteiger partial charge in [-0.2, -0.15) is 26.3 Å². The van der Waals surface area contributed by atoms with Gasteiger partial charge in [-0.05, 0) is 99.1 Å². The van der Waals surface area contributed by atoms with Gasteiger partial charge in [0.05, 0.1) is 31.0 Å². The fraction of sp³-hybridized carbons (Fsp3) is 0.179. The average Bonchev–Trinajstić information content (AvgIpc) is 3.09. The molecule has 0 aliphatic heterocycles. The Morgan fingerprint density at radius 2 is 1.02 bits per heavy atom. The van der Waals surface area contributed by atoms with Gasteiger partial charge < -0.3 is 15.2 Å². The number of nitrogens with zero attached hydrogens (tertiary/aromatic N) is 1. The number of aryl methyl sites for hydroxylation is 1. The van der Waals surface area contributed by atoms with Crippen molar-refractivity contribution < 1.29 is 42.0 Å². The van der Waals surface area contributed by atoms with Gasteiger partial charge in [0.25, 0.3) is 0 Å². The highest BCUT2D eigenvalue weighted by molar-refractivity contribution is 6.00. The van der Waals surface area contributed by atoms with Crippen LogP contribution in [0.3, 0.4) is 0 Å². The Kier molecular flexibility index (Phi) is 15.8. The number of ketones is 1. The number of nitrogens with two attached hydrogens (primary N) is 1. The lowest BCUT2D eigenvalue weighted by molar-refractivity contribution is -0.137. The third-order valence-corrected chi connectivity index (χ3v) is 6.71. The Hall–Kier alpha value is -5.58. The molecule has 5 rings (SSSR count). The summed E-state index contributed by atoms with van der Waals surface area (Å²) in [5.74, 6) is 1.53. The van der Waals surface area contributed by atoms with Gasteiger partial charge in [0.15, 0.2) is 5.78 Å². The zero-order valence-corrected chi connectivity index (χ0v) is 28.1. The largest absolute Gasteiger partial charge is 0.497 e. The van der Waals surface area contributed by atoms with Crippen molar-refractivity contribution in [3.8, 4) is 11.5 Å². The first-order valence-electron chi connectivity index (χ1n) is 15.0. The van der Waals surface area contributed by atoms with Crippen LogP contribution in [0.5, 0.6) is 11.5 Å². The maximum Gasteiger partial charge on any atom is 0.418 e. The van der Waals surface area contributed by atoms with Crippen LogP contribution in [-0.4, -0.2) is 25.7 Å². The quantitative estimate of drug-likeness (QED) is 0.0858. The summed E-state index contributed by atoms with van der Waals surface area (Å²) in [6, 6.07) is 34.5. The van der Waals surface area contributed by atoms with Crippen LogP contribution < -0.4 is 15.2 Å². The smallest absolute Gasteiger partial charge is 0.418 e. The molecule has 0 saturated heterocycles. The van der Waals surface area contributed by atoms with E-state index in [2.05, 4.69) is 24.0 Å². The van der Waals surface area contributed by atoms with Crippen LogP contribution in [-0.2, 0) is 12.4 Å². The van der Waals surface area contributed by atoms with Crippen molar-refractivity contribution in [3.05, 3.63) is 155 Å². The Balaban J connectivity index is 0.000000368. The lowest BCUT2D eigenvalue weighted by Gasteiger charge is -2.10. The molecule has 0 aliphatic rings. The number of hydrogen-bond donors (Lipinski definition) is 1. The van der Waals surface area contributed by atoms with Gasteiger partial charge in [-0.1, -0.05) is 60.2 Å². The van der Waals surface area contributed by atoms with Gasteiger partial charge in [-0.25, -0.2) is 0 Å². The minimum absolute atomic E-state index is 0. The summed E-state index contributed by atoms with van der Waals surface area (Å²) in [6.07, 6.45) is -8.76. The first-order valence-corrected chi connectivity index (χ1v) is 15.0. The SMILES string of the molecule is COc1ccc(C(C)=Nc2ccccc2C(F)(F)F)cc1.COc1ccc(C(C)=O)cc1.Cc1ccccc1.Nc1ccccc1C(F)(F)F.[2HH]. The summed E-state index contributed by atoms with van der Waals surface area (Å²) in [6.45, 7) is 5.30. The van der Waals surface area contributed by atoms with Gasteiger partial charge in [-0.3, -0.25) is 9.79 Å². The van der Waals surface area contributed by atoms with Crippen molar-refractivity contribution in [1.82, 2.24) is 0 Å². The number of para-hydroxylation sites is 2. The van der Waals surface area contributed by atoms with E-state index in [1.165, 1.54) is 42.0 Å². The number of alkyl halides is 6. The molecule has 0 spiro atoms. The van der Waals surface area contributed by atoms with E-state index in [0.29, 0.717) is 17.0 Å². The van der Waals surface area contributed by atoms with E-state index in [1.54, 1.807) is 76.6 Å². The van der Waals surface area contributed by atoms with E-state index < -0.39 is 23.5 Å². The van der Waals surface area contributed by atoms with Crippen LogP contribution in [0.25, 0.3) is 0 Å². The number of rotatable bonds is 5. The summed E-state index contributed by atoms with van der Waals surface area (Å²) in [7, 11) is 3.15. The molecule has 0 aromatic heterocycles. The molecule has 0 bridgehead atoms. The van der Waals surface area contributed by atoms with Gasteiger partial charge >= 0.3 is 12.4 Å². The van der Waals surface area contributed by atoms with Crippen molar-refractivity contribution in [2.45, 2.75) is 33.1 Å². The van der Waals surface area contributed by atoms with E-state index >= 15 is 0 Å². The molecule has 5 aromatic carbocycles. The fourth-order valence-corrected chi connectivity index (χ4v) is 4.00. The highest BCUT2D eigenvalue weighted by Crippen LogP contribution is 2.36. The third kappa shape index (κ3) is 13.9. The molecule has 0 atom stereocenters. The van der Waals surface area contributed by atoms with E-state index in [-0.39, 0.29) is 18.6 Å². The number of anilines is 1. The number of nitrogen functional groups attached to an aromatic ring is 1. The van der Waals surface area contributed by atoms with Crippen LogP contribution in [0, 0.1) is 6.92 Å². The minimum atomic E-state index is -4.42. The first-order chi connectivity index (χ1) is 23.6. The van der Waals surface area contributed by atoms with Crippen LogP contribution in [0.2, 0.25) is 0 Å². The van der Waals surface area contributed by atoms with Crippen molar-refractivity contribution in [3.63, 3.8) is 0 Å². The summed E-state index contributed by atoms with van der Waals surface area (Å²) < 4.78 is 84.6. The Morgan fingerprint density at radius 1 is 0.600 bits per heavy atom. The van der Waals surface area contributed by atoms with Gasteiger partial charge in [0.2, 0.25) is 0 Å². The number of methoxy groups -OCH3 is 2. The number of carbonyl (C=O) groups excluding carboxylic acids is 1. The number of aliphatic imine (C=N–C) groups is 1. The molecule has 0 fully saturated rings. The molecule has 0 heterocycles. The molecule has 2 N–H and O–H groups in total. The number of Topliss-reactive ketones (excluding diaryl/α,β-unsaturated/α-hetero) is 1. The zero-order valence-electron chi connectivity index (χ0n) is 28.1. The molecule has 5 nitrogen and oxygen atoms in total. The van der Waals surface area contributed by atoms with E-state index in [0.717, 1.165) is 23.4 Å². The number of ether oxygens (including phenoxy) is 2. The molecule has 0 unspecified atom stereocenters. The van der Waals surface area contributed by atoms with Gasteiger partial charge in [-0.15, -0.1) is 0 Å². The Labute approximate surface area is 289 Å². The number of halogens is 6. The highest BCUT2D eigenvalue weighted by Gasteiger charge is 2.33. The van der Waals surface area contributed by atoms with Gasteiger partial charge in [0.1, 0.15) is 11.5 Å². The van der Waals surface area contributed by atoms with Crippen molar-refractivity contribution in [1.29, 1.82) is 0 Å². The van der Waals surface area contributed by atoms with Crippen LogP contribution in [0.4, 0.5) is 37.7 Å². The lowest BCUT2D eigenvalue weighted by atomic mass is 10.1. The zero-order chi connectivity index (χ0) is 37.3. The molecule has 0 amide bonds. The second-order valence-corrected chi connectivity index (χ2v) is 10.5. The van der Waals surface area contributed by atoms with E-state index in [9.17, 15) is 31.1 Å². The number of hydrogen-bond acceptors (Lipinski definition) is 5. The van der Waals surface area contributed by atoms with Gasteiger partial charge in [0, 0.05) is 18.4 Å². The molecule has 0 radical (unpaired) electrons. The highest BCUT2D eigenvalue weighted by atomic mass is 19.4. The fourth-order valence-electron chi connectivity index (χ4n) is 4.00. The predicted octanol–water partition coefficient (Wildman–Crippen LogP) is 11.3. The monoisotopic (exact) mass is 699 g/mol. The first kappa shape index (κ1) is 40.6. The molecule has 11 heteroatoms. The molecular formula is C39H40F6N2O3. The molecule has 50 heavy (non-hydrogen) atoms. The summed E-state index contributed by atoms with van der Waals surface area (Å²) in [4.78, 5) is 14.9. The molecular weight excluding hydrogens is 658 g/mol. The van der Waals surface area contributed by atoms with Crippen LogP contribution in [0.1, 0.15) is 47.9 Å². The second-order valence-electron chi connectivity index (χ2n) is 10.5. The summed E-state index contributed by atoms with van der Waals surface area (Å²) >= 11 is 0. The van der Waals surface area contributed by atoms with Crippen molar-refractivity contribution in [2.24, 2.45) is 4.99 Å². The topological polar surface area (TPSA) is 73.9 Å². The molecule has 0 saturated carbocycles. The van der Waals surface area contributed by atoms with E-state index in [1.807, 2.05) is 18.2 Å².